The van der Waals surface area contributed by atoms with Crippen LogP contribution in [0.25, 0.3) is 0 Å². The van der Waals surface area contributed by atoms with E-state index in [-0.39, 0.29) is 30.1 Å². The molecule has 0 radical (unpaired) electrons. The van der Waals surface area contributed by atoms with Gasteiger partial charge in [0.2, 0.25) is 0 Å². The minimum absolute atomic E-state index is 0.0630. The molecule has 0 atom stereocenters. The summed E-state index contributed by atoms with van der Waals surface area (Å²) in [5.41, 5.74) is 0.891. The van der Waals surface area contributed by atoms with Gasteiger partial charge < -0.3 is 0 Å². The van der Waals surface area contributed by atoms with E-state index in [2.05, 4.69) is 0 Å². The van der Waals surface area contributed by atoms with Gasteiger partial charge in [-0.3, -0.25) is 19.7 Å². The van der Waals surface area contributed by atoms with Crippen molar-refractivity contribution in [3.63, 3.8) is 0 Å². The zero-order chi connectivity index (χ0) is 15.2. The maximum Gasteiger partial charge on any atom is 0.269 e. The minimum atomic E-state index is -0.521. The molecule has 0 fully saturated rings. The fourth-order valence-electron chi connectivity index (χ4n) is 1.91. The molecule has 0 bridgehead atoms. The Balaban J connectivity index is 1.96. The summed E-state index contributed by atoms with van der Waals surface area (Å²) >= 11 is 0. The third-order valence-corrected chi connectivity index (χ3v) is 3.07. The summed E-state index contributed by atoms with van der Waals surface area (Å²) in [6, 6.07) is 14.2. The zero-order valence-electron chi connectivity index (χ0n) is 11.2. The van der Waals surface area contributed by atoms with Gasteiger partial charge in [-0.15, -0.1) is 0 Å². The number of rotatable bonds is 6. The normalized spacial score (nSPS) is 10.1. The maximum absolute atomic E-state index is 11.9. The van der Waals surface area contributed by atoms with Crippen LogP contribution < -0.4 is 0 Å². The molecule has 0 saturated carbocycles. The summed E-state index contributed by atoms with van der Waals surface area (Å²) in [5, 5.41) is 10.5. The van der Waals surface area contributed by atoms with Crippen LogP contribution in [0.5, 0.6) is 0 Å². The van der Waals surface area contributed by atoms with Gasteiger partial charge in [0.05, 0.1) is 4.92 Å². The van der Waals surface area contributed by atoms with Crippen molar-refractivity contribution in [2.24, 2.45) is 0 Å². The summed E-state index contributed by atoms with van der Waals surface area (Å²) in [7, 11) is 0. The fourth-order valence-corrected chi connectivity index (χ4v) is 1.91. The highest BCUT2D eigenvalue weighted by atomic mass is 16.6. The van der Waals surface area contributed by atoms with Crippen molar-refractivity contribution >= 4 is 17.3 Å². The van der Waals surface area contributed by atoms with Crippen molar-refractivity contribution in [1.29, 1.82) is 0 Å². The number of hydrogen-bond donors (Lipinski definition) is 0. The molecular weight excluding hydrogens is 270 g/mol. The van der Waals surface area contributed by atoms with Gasteiger partial charge in [0.1, 0.15) is 0 Å². The molecule has 0 aliphatic rings. The molecule has 0 N–H and O–H groups in total. The molecule has 0 aliphatic heterocycles. The van der Waals surface area contributed by atoms with Gasteiger partial charge in [0, 0.05) is 36.1 Å². The first-order chi connectivity index (χ1) is 10.1. The van der Waals surface area contributed by atoms with Gasteiger partial charge in [-0.25, -0.2) is 0 Å². The van der Waals surface area contributed by atoms with E-state index >= 15 is 0 Å². The van der Waals surface area contributed by atoms with Gasteiger partial charge in [-0.05, 0) is 12.1 Å². The molecule has 0 unspecified atom stereocenters. The van der Waals surface area contributed by atoms with E-state index < -0.39 is 4.92 Å². The van der Waals surface area contributed by atoms with Crippen LogP contribution in [0.1, 0.15) is 33.6 Å². The molecule has 0 aromatic heterocycles. The summed E-state index contributed by atoms with van der Waals surface area (Å²) in [6.07, 6.45) is 0.214. The van der Waals surface area contributed by atoms with Crippen LogP contribution in [0.3, 0.4) is 0 Å². The van der Waals surface area contributed by atoms with E-state index in [1.807, 2.05) is 6.07 Å². The van der Waals surface area contributed by atoms with Crippen molar-refractivity contribution < 1.29 is 14.5 Å². The first kappa shape index (κ1) is 14.6. The average Bonchev–Trinajstić information content (AvgIpc) is 2.53. The summed E-state index contributed by atoms with van der Waals surface area (Å²) in [6.45, 7) is 0. The van der Waals surface area contributed by atoms with Gasteiger partial charge in [0.25, 0.3) is 5.69 Å². The number of carbonyl (C=O) groups is 2. The van der Waals surface area contributed by atoms with Gasteiger partial charge in [0.15, 0.2) is 11.6 Å². The van der Waals surface area contributed by atoms with Crippen molar-refractivity contribution in [2.75, 3.05) is 0 Å². The number of non-ortho nitro benzene ring substituents is 1. The number of ketones is 2. The average molecular weight is 283 g/mol. The molecule has 0 heterocycles. The topological polar surface area (TPSA) is 77.3 Å². The van der Waals surface area contributed by atoms with Crippen molar-refractivity contribution in [3.8, 4) is 0 Å². The Kier molecular flexibility index (Phi) is 4.56. The Morgan fingerprint density at radius 2 is 1.29 bits per heavy atom. The molecule has 2 rings (SSSR count). The highest BCUT2D eigenvalue weighted by molar-refractivity contribution is 6.02. The first-order valence-corrected chi connectivity index (χ1v) is 6.44. The lowest BCUT2D eigenvalue weighted by Crippen LogP contribution is -2.05. The monoisotopic (exact) mass is 283 g/mol. The SMILES string of the molecule is O=C(CCC(=O)c1ccc([N+](=O)[O-])cc1)c1ccccc1. The third kappa shape index (κ3) is 3.82. The van der Waals surface area contributed by atoms with Crippen molar-refractivity contribution in [2.45, 2.75) is 12.8 Å². The Hall–Kier alpha value is -2.82. The van der Waals surface area contributed by atoms with E-state index in [1.54, 1.807) is 24.3 Å². The van der Waals surface area contributed by atoms with Gasteiger partial charge in [-0.2, -0.15) is 0 Å². The lowest BCUT2D eigenvalue weighted by Gasteiger charge is -2.01. The molecule has 21 heavy (non-hydrogen) atoms. The molecule has 0 amide bonds. The van der Waals surface area contributed by atoms with E-state index in [0.29, 0.717) is 11.1 Å². The first-order valence-electron chi connectivity index (χ1n) is 6.44. The van der Waals surface area contributed by atoms with E-state index in [1.165, 1.54) is 24.3 Å². The molecule has 5 heteroatoms. The molecule has 2 aromatic rings. The summed E-state index contributed by atoms with van der Waals surface area (Å²) in [4.78, 5) is 33.8. The van der Waals surface area contributed by atoms with Crippen LogP contribution in [-0.4, -0.2) is 16.5 Å². The lowest BCUT2D eigenvalue weighted by molar-refractivity contribution is -0.384. The minimum Gasteiger partial charge on any atom is -0.294 e. The molecule has 0 saturated heterocycles. The van der Waals surface area contributed by atoms with Gasteiger partial charge >= 0.3 is 0 Å². The lowest BCUT2D eigenvalue weighted by atomic mass is 10.0. The molecular formula is C16H13NO4. The predicted molar refractivity (Wildman–Crippen MR) is 77.4 cm³/mol. The number of hydrogen-bond acceptors (Lipinski definition) is 4. The summed E-state index contributed by atoms with van der Waals surface area (Å²) in [5.74, 6) is -0.292. The predicted octanol–water partition coefficient (Wildman–Crippen LogP) is 3.44. The number of nitro groups is 1. The van der Waals surface area contributed by atoms with E-state index in [4.69, 9.17) is 0 Å². The van der Waals surface area contributed by atoms with Crippen LogP contribution in [-0.2, 0) is 0 Å². The van der Waals surface area contributed by atoms with Crippen LogP contribution in [0, 0.1) is 10.1 Å². The largest absolute Gasteiger partial charge is 0.294 e. The second-order valence-electron chi connectivity index (χ2n) is 4.52. The standard InChI is InChI=1S/C16H13NO4/c18-15(12-4-2-1-3-5-12)10-11-16(19)13-6-8-14(9-7-13)17(20)21/h1-9H,10-11H2. The Morgan fingerprint density at radius 3 is 1.76 bits per heavy atom. The summed E-state index contributed by atoms with van der Waals surface area (Å²) < 4.78 is 0. The number of Topliss-reactive ketones (excluding diaryl/α,β-unsaturated/α-hetero) is 2. The second kappa shape index (κ2) is 6.56. The smallest absolute Gasteiger partial charge is 0.269 e. The molecule has 5 nitrogen and oxygen atoms in total. The highest BCUT2D eigenvalue weighted by Gasteiger charge is 2.12. The molecule has 0 aliphatic carbocycles. The molecule has 106 valence electrons. The van der Waals surface area contributed by atoms with E-state index in [0.717, 1.165) is 0 Å². The van der Waals surface area contributed by atoms with Crippen molar-refractivity contribution in [3.05, 3.63) is 75.8 Å². The quantitative estimate of drug-likeness (QED) is 0.462. The van der Waals surface area contributed by atoms with Crippen LogP contribution in [0.15, 0.2) is 54.6 Å². The fraction of sp³-hybridized carbons (Fsp3) is 0.125. The van der Waals surface area contributed by atoms with Crippen LogP contribution in [0.4, 0.5) is 5.69 Å². The van der Waals surface area contributed by atoms with Crippen LogP contribution in [0.2, 0.25) is 0 Å². The number of nitro benzene ring substituents is 1. The van der Waals surface area contributed by atoms with Crippen molar-refractivity contribution in [1.82, 2.24) is 0 Å². The Labute approximate surface area is 121 Å². The Bertz CT molecular complexity index is 662. The van der Waals surface area contributed by atoms with Gasteiger partial charge in [-0.1, -0.05) is 30.3 Å². The molecule has 0 spiro atoms. The zero-order valence-corrected chi connectivity index (χ0v) is 11.2. The highest BCUT2D eigenvalue weighted by Crippen LogP contribution is 2.14. The number of benzene rings is 2. The van der Waals surface area contributed by atoms with Crippen LogP contribution >= 0.6 is 0 Å². The second-order valence-corrected chi connectivity index (χ2v) is 4.52. The maximum atomic E-state index is 11.9. The molecule has 2 aromatic carbocycles. The van der Waals surface area contributed by atoms with E-state index in [9.17, 15) is 19.7 Å². The number of carbonyl (C=O) groups excluding carboxylic acids is 2. The third-order valence-electron chi connectivity index (χ3n) is 3.07. The number of nitrogens with zero attached hydrogens (tertiary/aromatic N) is 1. The Morgan fingerprint density at radius 1 is 0.810 bits per heavy atom.